The predicted octanol–water partition coefficient (Wildman–Crippen LogP) is 2.71. The Balaban J connectivity index is 1.94. The maximum absolute atomic E-state index is 12.3. The third-order valence-electron chi connectivity index (χ3n) is 3.45. The lowest BCUT2D eigenvalue weighted by molar-refractivity contribution is 0.101. The molecule has 2 heterocycles. The fourth-order valence-corrected chi connectivity index (χ4v) is 3.30. The second-order valence-corrected chi connectivity index (χ2v) is 6.08. The maximum atomic E-state index is 12.3. The molecule has 0 fully saturated rings. The van der Waals surface area contributed by atoms with E-state index < -0.39 is 0 Å². The van der Waals surface area contributed by atoms with E-state index in [1.165, 1.54) is 22.5 Å². The van der Waals surface area contributed by atoms with Gasteiger partial charge in [0.15, 0.2) is 0 Å². The molecule has 0 bridgehead atoms. The van der Waals surface area contributed by atoms with Gasteiger partial charge in [-0.1, -0.05) is 19.1 Å². The van der Waals surface area contributed by atoms with Crippen LogP contribution in [0.3, 0.4) is 0 Å². The lowest BCUT2D eigenvalue weighted by Crippen LogP contribution is -2.32. The standard InChI is InChI=1S/C16H15N3O2S/c1-3-13-10(2)8-14(22-13)15(20)18-19-9-17-12-7-5-4-6-11(12)16(19)21/h4-9H,3H2,1-2H3,(H,18,20). The first-order valence-electron chi connectivity index (χ1n) is 6.97. The molecule has 1 N–H and O–H groups in total. The summed E-state index contributed by atoms with van der Waals surface area (Å²) in [7, 11) is 0. The van der Waals surface area contributed by atoms with E-state index in [1.54, 1.807) is 18.2 Å². The molecule has 0 aliphatic carbocycles. The van der Waals surface area contributed by atoms with Gasteiger partial charge in [-0.05, 0) is 37.1 Å². The summed E-state index contributed by atoms with van der Waals surface area (Å²) in [5.41, 5.74) is 4.02. The van der Waals surface area contributed by atoms with Crippen LogP contribution in [-0.2, 0) is 6.42 Å². The number of aryl methyl sites for hydroxylation is 2. The van der Waals surface area contributed by atoms with E-state index in [-0.39, 0.29) is 11.5 Å². The highest BCUT2D eigenvalue weighted by Crippen LogP contribution is 2.22. The Labute approximate surface area is 131 Å². The molecule has 0 radical (unpaired) electrons. The van der Waals surface area contributed by atoms with Crippen LogP contribution in [-0.4, -0.2) is 15.6 Å². The van der Waals surface area contributed by atoms with Gasteiger partial charge >= 0.3 is 0 Å². The number of hydrogen-bond donors (Lipinski definition) is 1. The molecular formula is C16H15N3O2S. The van der Waals surface area contributed by atoms with Crippen molar-refractivity contribution in [1.82, 2.24) is 9.66 Å². The van der Waals surface area contributed by atoms with Crippen molar-refractivity contribution < 1.29 is 4.79 Å². The molecule has 2 aromatic heterocycles. The Morgan fingerprint density at radius 3 is 2.86 bits per heavy atom. The normalized spacial score (nSPS) is 10.8. The van der Waals surface area contributed by atoms with Crippen molar-refractivity contribution in [3.05, 3.63) is 62.3 Å². The summed E-state index contributed by atoms with van der Waals surface area (Å²) in [6.07, 6.45) is 2.23. The first-order chi connectivity index (χ1) is 10.6. The molecule has 22 heavy (non-hydrogen) atoms. The molecular weight excluding hydrogens is 298 g/mol. The van der Waals surface area contributed by atoms with E-state index in [0.29, 0.717) is 15.8 Å². The minimum Gasteiger partial charge on any atom is -0.267 e. The van der Waals surface area contributed by atoms with Crippen molar-refractivity contribution in [2.75, 3.05) is 5.43 Å². The van der Waals surface area contributed by atoms with Crippen molar-refractivity contribution in [3.63, 3.8) is 0 Å². The number of hydrogen-bond acceptors (Lipinski definition) is 4. The van der Waals surface area contributed by atoms with E-state index in [4.69, 9.17) is 0 Å². The van der Waals surface area contributed by atoms with Gasteiger partial charge in [0.05, 0.1) is 15.8 Å². The fourth-order valence-electron chi connectivity index (χ4n) is 2.30. The van der Waals surface area contributed by atoms with Gasteiger partial charge in [-0.15, -0.1) is 11.3 Å². The molecule has 3 rings (SSSR count). The van der Waals surface area contributed by atoms with Crippen molar-refractivity contribution >= 4 is 28.1 Å². The van der Waals surface area contributed by atoms with E-state index in [1.807, 2.05) is 19.1 Å². The maximum Gasteiger partial charge on any atom is 0.280 e. The summed E-state index contributed by atoms with van der Waals surface area (Å²) >= 11 is 1.45. The molecule has 0 aliphatic heterocycles. The van der Waals surface area contributed by atoms with Gasteiger partial charge in [0.1, 0.15) is 6.33 Å². The number of aromatic nitrogens is 2. The van der Waals surface area contributed by atoms with Crippen LogP contribution in [0.4, 0.5) is 0 Å². The van der Waals surface area contributed by atoms with Crippen molar-refractivity contribution in [2.24, 2.45) is 0 Å². The molecule has 0 unspecified atom stereocenters. The van der Waals surface area contributed by atoms with Gasteiger partial charge in [0, 0.05) is 4.88 Å². The Morgan fingerprint density at radius 1 is 1.36 bits per heavy atom. The van der Waals surface area contributed by atoms with Crippen molar-refractivity contribution in [1.29, 1.82) is 0 Å². The molecule has 0 saturated heterocycles. The summed E-state index contributed by atoms with van der Waals surface area (Å²) in [6.45, 7) is 4.04. The highest BCUT2D eigenvalue weighted by molar-refractivity contribution is 7.14. The molecule has 0 aliphatic rings. The van der Waals surface area contributed by atoms with E-state index in [2.05, 4.69) is 17.3 Å². The molecule has 0 spiro atoms. The van der Waals surface area contributed by atoms with E-state index >= 15 is 0 Å². The van der Waals surface area contributed by atoms with Gasteiger partial charge in [-0.2, -0.15) is 0 Å². The van der Waals surface area contributed by atoms with Gasteiger partial charge in [-0.3, -0.25) is 15.0 Å². The molecule has 3 aromatic rings. The third-order valence-corrected chi connectivity index (χ3v) is 4.83. The number of nitrogens with one attached hydrogen (secondary N) is 1. The average Bonchev–Trinajstić information content (AvgIpc) is 2.91. The summed E-state index contributed by atoms with van der Waals surface area (Å²) in [5.74, 6) is -0.299. The monoisotopic (exact) mass is 313 g/mol. The zero-order chi connectivity index (χ0) is 15.7. The lowest BCUT2D eigenvalue weighted by Gasteiger charge is -2.07. The molecule has 5 nitrogen and oxygen atoms in total. The molecule has 0 atom stereocenters. The van der Waals surface area contributed by atoms with Gasteiger partial charge in [0.2, 0.25) is 0 Å². The first kappa shape index (κ1) is 14.5. The van der Waals surface area contributed by atoms with Crippen LogP contribution in [0.1, 0.15) is 27.0 Å². The number of thiophene rings is 1. The second kappa shape index (κ2) is 5.73. The lowest BCUT2D eigenvalue weighted by atomic mass is 10.2. The first-order valence-corrected chi connectivity index (χ1v) is 7.79. The topological polar surface area (TPSA) is 64.0 Å². The van der Waals surface area contributed by atoms with Gasteiger partial charge in [0.25, 0.3) is 11.5 Å². The SMILES string of the molecule is CCc1sc(C(=O)Nn2cnc3ccccc3c2=O)cc1C. The van der Waals surface area contributed by atoms with Crippen molar-refractivity contribution in [3.8, 4) is 0 Å². The highest BCUT2D eigenvalue weighted by atomic mass is 32.1. The molecule has 112 valence electrons. The largest absolute Gasteiger partial charge is 0.280 e. The zero-order valence-electron chi connectivity index (χ0n) is 12.3. The fraction of sp³-hybridized carbons (Fsp3) is 0.188. The summed E-state index contributed by atoms with van der Waals surface area (Å²) in [5, 5.41) is 0.474. The van der Waals surface area contributed by atoms with E-state index in [0.717, 1.165) is 16.7 Å². The average molecular weight is 313 g/mol. The van der Waals surface area contributed by atoms with Crippen LogP contribution in [0.2, 0.25) is 0 Å². The minimum atomic E-state index is -0.299. The molecule has 0 saturated carbocycles. The van der Waals surface area contributed by atoms with Gasteiger partial charge < -0.3 is 0 Å². The van der Waals surface area contributed by atoms with Crippen LogP contribution in [0.15, 0.2) is 41.5 Å². The Morgan fingerprint density at radius 2 is 2.14 bits per heavy atom. The Hall–Kier alpha value is -2.47. The Bertz CT molecular complexity index is 911. The van der Waals surface area contributed by atoms with Crippen molar-refractivity contribution in [2.45, 2.75) is 20.3 Å². The quantitative estimate of drug-likeness (QED) is 0.808. The Kier molecular flexibility index (Phi) is 3.77. The number of benzene rings is 1. The predicted molar refractivity (Wildman–Crippen MR) is 88.1 cm³/mol. The zero-order valence-corrected chi connectivity index (χ0v) is 13.1. The molecule has 1 amide bonds. The van der Waals surface area contributed by atoms with Gasteiger partial charge in [-0.25, -0.2) is 9.66 Å². The number of amides is 1. The van der Waals surface area contributed by atoms with Crippen LogP contribution < -0.4 is 11.0 Å². The number of carbonyl (C=O) groups is 1. The van der Waals surface area contributed by atoms with Crippen LogP contribution >= 0.6 is 11.3 Å². The summed E-state index contributed by atoms with van der Waals surface area (Å²) < 4.78 is 1.13. The minimum absolute atomic E-state index is 0.289. The molecule has 1 aromatic carbocycles. The highest BCUT2D eigenvalue weighted by Gasteiger charge is 2.13. The smallest absolute Gasteiger partial charge is 0.267 e. The van der Waals surface area contributed by atoms with Crippen LogP contribution in [0.5, 0.6) is 0 Å². The summed E-state index contributed by atoms with van der Waals surface area (Å²) in [4.78, 5) is 30.6. The molecule has 6 heteroatoms. The number of nitrogens with zero attached hydrogens (tertiary/aromatic N) is 2. The van der Waals surface area contributed by atoms with Crippen LogP contribution in [0.25, 0.3) is 10.9 Å². The number of fused-ring (bicyclic) bond motifs is 1. The number of para-hydroxylation sites is 1. The number of rotatable bonds is 3. The second-order valence-electron chi connectivity index (χ2n) is 4.95. The van der Waals surface area contributed by atoms with E-state index in [9.17, 15) is 9.59 Å². The third kappa shape index (κ3) is 2.53. The number of carbonyl (C=O) groups excluding carboxylic acids is 1. The summed E-state index contributed by atoms with van der Waals surface area (Å²) in [6, 6.07) is 8.89. The van der Waals surface area contributed by atoms with Crippen LogP contribution in [0, 0.1) is 6.92 Å².